The first kappa shape index (κ1) is 19.6. The molecule has 2 aromatic rings. The van der Waals surface area contributed by atoms with Crippen molar-refractivity contribution in [1.29, 1.82) is 0 Å². The lowest BCUT2D eigenvalue weighted by molar-refractivity contribution is -0.119. The minimum absolute atomic E-state index is 0.0289. The Labute approximate surface area is 159 Å². The van der Waals surface area contributed by atoms with E-state index in [2.05, 4.69) is 16.0 Å². The highest BCUT2D eigenvalue weighted by Gasteiger charge is 2.08. The number of thiocarbonyl (C=S) groups is 1. The molecule has 0 aliphatic rings. The van der Waals surface area contributed by atoms with Crippen LogP contribution in [0.3, 0.4) is 0 Å². The summed E-state index contributed by atoms with van der Waals surface area (Å²) in [4.78, 5) is 23.8. The summed E-state index contributed by atoms with van der Waals surface area (Å²) in [6, 6.07) is 14.9. The molecule has 0 bridgehead atoms. The largest absolute Gasteiger partial charge is 0.332 e. The molecule has 5 nitrogen and oxygen atoms in total. The lowest BCUT2D eigenvalue weighted by Gasteiger charge is -2.12. The number of hydrogen-bond donors (Lipinski definition) is 3. The summed E-state index contributed by atoms with van der Waals surface area (Å²) in [6.07, 6.45) is 1.54. The van der Waals surface area contributed by atoms with Crippen LogP contribution in [-0.4, -0.2) is 16.9 Å². The van der Waals surface area contributed by atoms with Crippen LogP contribution < -0.4 is 16.0 Å². The molecule has 0 fully saturated rings. The van der Waals surface area contributed by atoms with Gasteiger partial charge in [-0.05, 0) is 54.9 Å². The average molecular weight is 369 g/mol. The van der Waals surface area contributed by atoms with Gasteiger partial charge in [0.2, 0.25) is 11.8 Å². The first-order chi connectivity index (χ1) is 12.5. The maximum Gasteiger partial charge on any atom is 0.230 e. The fourth-order valence-corrected chi connectivity index (χ4v) is 2.67. The van der Waals surface area contributed by atoms with Gasteiger partial charge in [-0.1, -0.05) is 37.3 Å². The van der Waals surface area contributed by atoms with E-state index in [1.807, 2.05) is 50.2 Å². The number of rotatable bonds is 6. The zero-order valence-corrected chi connectivity index (χ0v) is 15.8. The van der Waals surface area contributed by atoms with Crippen LogP contribution in [0.4, 0.5) is 11.4 Å². The number of amides is 2. The highest BCUT2D eigenvalue weighted by molar-refractivity contribution is 7.80. The van der Waals surface area contributed by atoms with E-state index in [-0.39, 0.29) is 23.3 Å². The zero-order valence-electron chi connectivity index (χ0n) is 15.0. The molecule has 2 amide bonds. The van der Waals surface area contributed by atoms with Gasteiger partial charge in [0, 0.05) is 17.8 Å². The molecule has 0 spiro atoms. The van der Waals surface area contributed by atoms with Crippen LogP contribution in [-0.2, 0) is 16.0 Å². The average Bonchev–Trinajstić information content (AvgIpc) is 2.57. The van der Waals surface area contributed by atoms with Crippen LogP contribution in [0.1, 0.15) is 30.9 Å². The Morgan fingerprint density at radius 2 is 1.65 bits per heavy atom. The molecule has 6 heteroatoms. The minimum atomic E-state index is -0.177. The molecule has 0 aliphatic carbocycles. The first-order valence-electron chi connectivity index (χ1n) is 8.53. The highest BCUT2D eigenvalue weighted by Crippen LogP contribution is 2.15. The van der Waals surface area contributed by atoms with Crippen LogP contribution in [0.5, 0.6) is 0 Å². The van der Waals surface area contributed by atoms with Crippen molar-refractivity contribution in [2.45, 2.75) is 33.1 Å². The number of benzene rings is 2. The molecular weight excluding hydrogens is 346 g/mol. The van der Waals surface area contributed by atoms with Crippen molar-refractivity contribution in [3.05, 3.63) is 59.7 Å². The molecule has 0 saturated carbocycles. The molecule has 0 aromatic heterocycles. The molecule has 26 heavy (non-hydrogen) atoms. The van der Waals surface area contributed by atoms with Crippen molar-refractivity contribution in [2.75, 3.05) is 10.6 Å². The van der Waals surface area contributed by atoms with Gasteiger partial charge in [0.25, 0.3) is 0 Å². The lowest BCUT2D eigenvalue weighted by atomic mass is 10.1. The van der Waals surface area contributed by atoms with Crippen molar-refractivity contribution >= 4 is 40.5 Å². The van der Waals surface area contributed by atoms with Gasteiger partial charge in [-0.2, -0.15) is 0 Å². The Bertz CT molecular complexity index is 805. The zero-order chi connectivity index (χ0) is 18.9. The molecule has 3 N–H and O–H groups in total. The SMILES string of the molecule is CCCC(=O)Nc1cccc(NC(=S)NC(=O)Cc2ccccc2C)c1. The second-order valence-corrected chi connectivity index (χ2v) is 6.39. The molecular formula is C20H23N3O2S. The molecule has 0 aliphatic heterocycles. The van der Waals surface area contributed by atoms with Crippen molar-refractivity contribution < 1.29 is 9.59 Å². The maximum atomic E-state index is 12.2. The Kier molecular flexibility index (Phi) is 7.29. The molecule has 0 radical (unpaired) electrons. The van der Waals surface area contributed by atoms with Crippen LogP contribution in [0, 0.1) is 6.92 Å². The summed E-state index contributed by atoms with van der Waals surface area (Å²) in [5.41, 5.74) is 3.41. The summed E-state index contributed by atoms with van der Waals surface area (Å²) in [5, 5.41) is 8.70. The Balaban J connectivity index is 1.90. The maximum absolute atomic E-state index is 12.2. The summed E-state index contributed by atoms with van der Waals surface area (Å²) >= 11 is 5.20. The van der Waals surface area contributed by atoms with Gasteiger partial charge >= 0.3 is 0 Å². The Hall–Kier alpha value is -2.73. The van der Waals surface area contributed by atoms with Crippen LogP contribution in [0.25, 0.3) is 0 Å². The fourth-order valence-electron chi connectivity index (χ4n) is 2.44. The van der Waals surface area contributed by atoms with Gasteiger partial charge in [-0.15, -0.1) is 0 Å². The molecule has 0 unspecified atom stereocenters. The molecule has 136 valence electrons. The van der Waals surface area contributed by atoms with Crippen molar-refractivity contribution in [1.82, 2.24) is 5.32 Å². The first-order valence-corrected chi connectivity index (χ1v) is 8.94. The van der Waals surface area contributed by atoms with Crippen LogP contribution in [0.2, 0.25) is 0 Å². The number of hydrogen-bond acceptors (Lipinski definition) is 3. The molecule has 2 aromatic carbocycles. The van der Waals surface area contributed by atoms with Crippen molar-refractivity contribution in [2.24, 2.45) is 0 Å². The van der Waals surface area contributed by atoms with E-state index in [0.717, 1.165) is 17.5 Å². The van der Waals surface area contributed by atoms with Gasteiger partial charge in [-0.3, -0.25) is 9.59 Å². The second kappa shape index (κ2) is 9.68. The van der Waals surface area contributed by atoms with E-state index in [1.165, 1.54) is 0 Å². The summed E-state index contributed by atoms with van der Waals surface area (Å²) in [7, 11) is 0. The number of anilines is 2. The standard InChI is InChI=1S/C20H23N3O2S/c1-3-7-18(24)21-16-10-6-11-17(13-16)22-20(26)23-19(25)12-15-9-5-4-8-14(15)2/h4-6,8-11,13H,3,7,12H2,1-2H3,(H,21,24)(H2,22,23,25,26). The molecule has 0 saturated heterocycles. The minimum Gasteiger partial charge on any atom is -0.332 e. The Morgan fingerprint density at radius 1 is 0.962 bits per heavy atom. The van der Waals surface area contributed by atoms with Gasteiger partial charge in [0.1, 0.15) is 0 Å². The lowest BCUT2D eigenvalue weighted by Crippen LogP contribution is -2.35. The molecule has 0 atom stereocenters. The van der Waals surface area contributed by atoms with Crippen molar-refractivity contribution in [3.8, 4) is 0 Å². The third kappa shape index (κ3) is 6.29. The van der Waals surface area contributed by atoms with E-state index < -0.39 is 0 Å². The topological polar surface area (TPSA) is 70.2 Å². The molecule has 0 heterocycles. The number of carbonyl (C=O) groups excluding carboxylic acids is 2. The van der Waals surface area contributed by atoms with Gasteiger partial charge in [0.05, 0.1) is 6.42 Å². The van der Waals surface area contributed by atoms with Crippen LogP contribution in [0.15, 0.2) is 48.5 Å². The smallest absolute Gasteiger partial charge is 0.230 e. The highest BCUT2D eigenvalue weighted by atomic mass is 32.1. The fraction of sp³-hybridized carbons (Fsp3) is 0.250. The van der Waals surface area contributed by atoms with Gasteiger partial charge in [-0.25, -0.2) is 0 Å². The van der Waals surface area contributed by atoms with E-state index in [0.29, 0.717) is 17.8 Å². The predicted molar refractivity (Wildman–Crippen MR) is 109 cm³/mol. The van der Waals surface area contributed by atoms with E-state index in [4.69, 9.17) is 12.2 Å². The van der Waals surface area contributed by atoms with Gasteiger partial charge < -0.3 is 16.0 Å². The molecule has 2 rings (SSSR count). The number of aryl methyl sites for hydroxylation is 1. The summed E-state index contributed by atoms with van der Waals surface area (Å²) in [6.45, 7) is 3.92. The van der Waals surface area contributed by atoms with E-state index in [1.54, 1.807) is 12.1 Å². The normalized spacial score (nSPS) is 10.1. The van der Waals surface area contributed by atoms with E-state index in [9.17, 15) is 9.59 Å². The predicted octanol–water partition coefficient (Wildman–Crippen LogP) is 3.79. The number of nitrogens with one attached hydrogen (secondary N) is 3. The quantitative estimate of drug-likeness (QED) is 0.678. The number of carbonyl (C=O) groups is 2. The summed E-state index contributed by atoms with van der Waals surface area (Å²) in [5.74, 6) is -0.206. The second-order valence-electron chi connectivity index (χ2n) is 5.98. The van der Waals surface area contributed by atoms with Gasteiger partial charge in [0.15, 0.2) is 5.11 Å². The summed E-state index contributed by atoms with van der Waals surface area (Å²) < 4.78 is 0. The monoisotopic (exact) mass is 369 g/mol. The van der Waals surface area contributed by atoms with Crippen LogP contribution >= 0.6 is 12.2 Å². The third-order valence-electron chi connectivity index (χ3n) is 3.75. The van der Waals surface area contributed by atoms with Crippen molar-refractivity contribution in [3.63, 3.8) is 0 Å². The van der Waals surface area contributed by atoms with E-state index >= 15 is 0 Å². The third-order valence-corrected chi connectivity index (χ3v) is 3.95. The Morgan fingerprint density at radius 3 is 2.35 bits per heavy atom.